The molecule has 1 amide bonds. The van der Waals surface area contributed by atoms with Crippen molar-refractivity contribution in [3.63, 3.8) is 0 Å². The second-order valence-electron chi connectivity index (χ2n) is 5.93. The van der Waals surface area contributed by atoms with Crippen molar-refractivity contribution >= 4 is 15.9 Å². The lowest BCUT2D eigenvalue weighted by Crippen LogP contribution is -2.38. The Kier molecular flexibility index (Phi) is 4.39. The maximum absolute atomic E-state index is 12.6. The van der Waals surface area contributed by atoms with Gasteiger partial charge in [0, 0.05) is 18.7 Å². The Morgan fingerprint density at radius 1 is 1.24 bits per heavy atom. The lowest BCUT2D eigenvalue weighted by atomic mass is 9.97. The molecule has 1 heterocycles. The number of nitrogens with two attached hydrogens (primary N) is 1. The molecule has 0 unspecified atom stereocenters. The fourth-order valence-corrected chi connectivity index (χ4v) is 3.22. The van der Waals surface area contributed by atoms with E-state index in [0.717, 1.165) is 37.1 Å². The molecular weight excluding hydrogens is 288 g/mol. The second kappa shape index (κ2) is 5.77. The molecule has 2 rings (SSSR count). The maximum atomic E-state index is 12.6. The van der Waals surface area contributed by atoms with Gasteiger partial charge in [0.15, 0.2) is 0 Å². The van der Waals surface area contributed by atoms with Gasteiger partial charge in [-0.1, -0.05) is 6.92 Å². The molecule has 21 heavy (non-hydrogen) atoms. The van der Waals surface area contributed by atoms with Gasteiger partial charge in [0.2, 0.25) is 10.0 Å². The van der Waals surface area contributed by atoms with E-state index in [1.807, 2.05) is 6.92 Å². The van der Waals surface area contributed by atoms with Gasteiger partial charge in [0.25, 0.3) is 5.91 Å². The molecule has 0 bridgehead atoms. The summed E-state index contributed by atoms with van der Waals surface area (Å²) in [5.74, 6) is 0.528. The summed E-state index contributed by atoms with van der Waals surface area (Å²) in [5, 5.41) is 5.19. The predicted octanol–water partition coefficient (Wildman–Crippen LogP) is 1.82. The van der Waals surface area contributed by atoms with Crippen LogP contribution in [0.15, 0.2) is 17.0 Å². The lowest BCUT2D eigenvalue weighted by molar-refractivity contribution is 0.0696. The molecule has 1 aromatic rings. The molecule has 1 aliphatic rings. The van der Waals surface area contributed by atoms with E-state index in [2.05, 4.69) is 6.92 Å². The summed E-state index contributed by atoms with van der Waals surface area (Å²) < 4.78 is 23.1. The van der Waals surface area contributed by atoms with Crippen LogP contribution in [0.2, 0.25) is 0 Å². The number of likely N-dealkylation sites (tertiary alicyclic amines) is 1. The fourth-order valence-electron chi connectivity index (χ4n) is 2.59. The van der Waals surface area contributed by atoms with Gasteiger partial charge in [-0.25, -0.2) is 13.6 Å². The van der Waals surface area contributed by atoms with Crippen molar-refractivity contribution in [2.24, 2.45) is 11.1 Å². The van der Waals surface area contributed by atoms with E-state index < -0.39 is 10.0 Å². The number of primary sulfonamides is 1. The van der Waals surface area contributed by atoms with Gasteiger partial charge in [-0.3, -0.25) is 4.79 Å². The predicted molar refractivity (Wildman–Crippen MR) is 81.6 cm³/mol. The number of sulfonamides is 1. The van der Waals surface area contributed by atoms with Gasteiger partial charge < -0.3 is 4.90 Å². The smallest absolute Gasteiger partial charge is 0.254 e. The quantitative estimate of drug-likeness (QED) is 0.905. The average molecular weight is 310 g/mol. The molecule has 0 atom stereocenters. The minimum absolute atomic E-state index is 0.000623. The first-order chi connectivity index (χ1) is 9.70. The zero-order chi connectivity index (χ0) is 15.8. The summed E-state index contributed by atoms with van der Waals surface area (Å²) >= 11 is 0. The first-order valence-electron chi connectivity index (χ1n) is 7.13. The summed E-state index contributed by atoms with van der Waals surface area (Å²) in [6.07, 6.45) is 1.97. The van der Waals surface area contributed by atoms with Gasteiger partial charge >= 0.3 is 0 Å². The van der Waals surface area contributed by atoms with E-state index >= 15 is 0 Å². The summed E-state index contributed by atoms with van der Waals surface area (Å²) in [7, 11) is -3.81. The third kappa shape index (κ3) is 3.44. The number of benzene rings is 1. The van der Waals surface area contributed by atoms with Gasteiger partial charge in [0.1, 0.15) is 0 Å². The van der Waals surface area contributed by atoms with Crippen molar-refractivity contribution in [2.75, 3.05) is 13.1 Å². The largest absolute Gasteiger partial charge is 0.339 e. The van der Waals surface area contributed by atoms with Gasteiger partial charge in [-0.15, -0.1) is 0 Å². The van der Waals surface area contributed by atoms with Gasteiger partial charge in [-0.05, 0) is 55.9 Å². The van der Waals surface area contributed by atoms with Crippen LogP contribution in [0.1, 0.15) is 41.3 Å². The third-order valence-electron chi connectivity index (χ3n) is 4.27. The van der Waals surface area contributed by atoms with Crippen LogP contribution in [0.25, 0.3) is 0 Å². The number of amides is 1. The van der Waals surface area contributed by atoms with E-state index in [-0.39, 0.29) is 10.8 Å². The number of aryl methyl sites for hydroxylation is 1. The minimum Gasteiger partial charge on any atom is -0.339 e. The van der Waals surface area contributed by atoms with Crippen LogP contribution in [0, 0.1) is 19.8 Å². The molecule has 1 aromatic carbocycles. The number of carbonyl (C=O) groups excluding carboxylic acids is 1. The number of hydrogen-bond acceptors (Lipinski definition) is 3. The molecule has 0 spiro atoms. The Hall–Kier alpha value is -1.40. The standard InChI is InChI=1S/C15H22N2O3S/c1-10-4-6-17(7-5-10)15(18)14-9-13(21(16,19)20)8-11(2)12(14)3/h8-10H,4-7H2,1-3H3,(H2,16,19,20). The number of carbonyl (C=O) groups is 1. The van der Waals surface area contributed by atoms with Crippen LogP contribution < -0.4 is 5.14 Å². The molecule has 1 fully saturated rings. The molecule has 2 N–H and O–H groups in total. The van der Waals surface area contributed by atoms with Crippen LogP contribution in [-0.4, -0.2) is 32.3 Å². The summed E-state index contributed by atoms with van der Waals surface area (Å²) in [6.45, 7) is 7.25. The topological polar surface area (TPSA) is 80.5 Å². The number of nitrogens with zero attached hydrogens (tertiary/aromatic N) is 1. The molecule has 1 saturated heterocycles. The van der Waals surface area contributed by atoms with Crippen molar-refractivity contribution < 1.29 is 13.2 Å². The highest BCUT2D eigenvalue weighted by Crippen LogP contribution is 2.23. The summed E-state index contributed by atoms with van der Waals surface area (Å²) in [4.78, 5) is 14.4. The maximum Gasteiger partial charge on any atom is 0.254 e. The molecule has 0 radical (unpaired) electrons. The molecular formula is C15H22N2O3S. The first kappa shape index (κ1) is 16.0. The molecule has 6 heteroatoms. The van der Waals surface area contributed by atoms with E-state index in [0.29, 0.717) is 11.5 Å². The molecule has 1 aliphatic heterocycles. The van der Waals surface area contributed by atoms with Crippen LogP contribution in [0.5, 0.6) is 0 Å². The highest BCUT2D eigenvalue weighted by atomic mass is 32.2. The third-order valence-corrected chi connectivity index (χ3v) is 5.16. The van der Waals surface area contributed by atoms with E-state index in [1.165, 1.54) is 12.1 Å². The van der Waals surface area contributed by atoms with Crippen molar-refractivity contribution in [3.05, 3.63) is 28.8 Å². The van der Waals surface area contributed by atoms with Crippen molar-refractivity contribution in [2.45, 2.75) is 38.5 Å². The summed E-state index contributed by atoms with van der Waals surface area (Å²) in [6, 6.07) is 2.91. The normalized spacial score (nSPS) is 17.0. The van der Waals surface area contributed by atoms with E-state index in [1.54, 1.807) is 11.8 Å². The average Bonchev–Trinajstić information content (AvgIpc) is 2.40. The molecule has 0 aromatic heterocycles. The highest BCUT2D eigenvalue weighted by Gasteiger charge is 2.24. The molecule has 116 valence electrons. The van der Waals surface area contributed by atoms with Crippen LogP contribution in [-0.2, 0) is 10.0 Å². The van der Waals surface area contributed by atoms with Gasteiger partial charge in [0.05, 0.1) is 4.90 Å². The van der Waals surface area contributed by atoms with Crippen molar-refractivity contribution in [1.82, 2.24) is 4.90 Å². The van der Waals surface area contributed by atoms with Crippen LogP contribution >= 0.6 is 0 Å². The SMILES string of the molecule is Cc1cc(S(N)(=O)=O)cc(C(=O)N2CCC(C)CC2)c1C. The number of hydrogen-bond donors (Lipinski definition) is 1. The lowest BCUT2D eigenvalue weighted by Gasteiger charge is -2.31. The van der Waals surface area contributed by atoms with Gasteiger partial charge in [-0.2, -0.15) is 0 Å². The monoisotopic (exact) mass is 310 g/mol. The fraction of sp³-hybridized carbons (Fsp3) is 0.533. The minimum atomic E-state index is -3.81. The number of rotatable bonds is 2. The number of piperidine rings is 1. The molecule has 0 saturated carbocycles. The Bertz CT molecular complexity index is 660. The Labute approximate surface area is 126 Å². The zero-order valence-corrected chi connectivity index (χ0v) is 13.5. The van der Waals surface area contributed by atoms with E-state index in [4.69, 9.17) is 5.14 Å². The second-order valence-corrected chi connectivity index (χ2v) is 7.49. The molecule has 0 aliphatic carbocycles. The first-order valence-corrected chi connectivity index (χ1v) is 8.68. The zero-order valence-electron chi connectivity index (χ0n) is 12.7. The summed E-state index contributed by atoms with van der Waals surface area (Å²) in [5.41, 5.74) is 2.01. The van der Waals surface area contributed by atoms with Crippen molar-refractivity contribution in [3.8, 4) is 0 Å². The Morgan fingerprint density at radius 2 is 1.81 bits per heavy atom. The van der Waals surface area contributed by atoms with Crippen LogP contribution in [0.4, 0.5) is 0 Å². The van der Waals surface area contributed by atoms with Crippen LogP contribution in [0.3, 0.4) is 0 Å². The molecule has 5 nitrogen and oxygen atoms in total. The van der Waals surface area contributed by atoms with Crippen molar-refractivity contribution in [1.29, 1.82) is 0 Å². The Morgan fingerprint density at radius 3 is 2.33 bits per heavy atom. The highest BCUT2D eigenvalue weighted by molar-refractivity contribution is 7.89. The van der Waals surface area contributed by atoms with E-state index in [9.17, 15) is 13.2 Å². The Balaban J connectivity index is 2.39.